The number of nitrogens with two attached hydrogens (primary N) is 1. The van der Waals surface area contributed by atoms with E-state index in [-0.39, 0.29) is 5.91 Å². The molecule has 3 atom stereocenters. The van der Waals surface area contributed by atoms with E-state index in [1.54, 1.807) is 0 Å². The van der Waals surface area contributed by atoms with Crippen molar-refractivity contribution in [3.63, 3.8) is 0 Å². The van der Waals surface area contributed by atoms with Gasteiger partial charge in [-0.25, -0.2) is 0 Å². The third-order valence-corrected chi connectivity index (χ3v) is 4.79. The third kappa shape index (κ3) is 4.25. The molecule has 1 amide bonds. The van der Waals surface area contributed by atoms with Gasteiger partial charge in [0, 0.05) is 11.3 Å². The molecule has 0 radical (unpaired) electrons. The van der Waals surface area contributed by atoms with Gasteiger partial charge in [-0.1, -0.05) is 30.3 Å². The van der Waals surface area contributed by atoms with E-state index in [9.17, 15) is 4.79 Å². The standard InChI is InChI=1S/C15H22N2OS/c1-19-13-8-7-12(10-13)17-15(18)14(16)9-11-5-3-2-4-6-11/h2-6,12-14H,7-10,16H2,1H3,(H,17,18). The lowest BCUT2D eigenvalue weighted by atomic mass is 10.1. The van der Waals surface area contributed by atoms with Crippen LogP contribution in [0, 0.1) is 0 Å². The van der Waals surface area contributed by atoms with Crippen LogP contribution in [0.5, 0.6) is 0 Å². The number of rotatable bonds is 5. The molecule has 4 heteroatoms. The average Bonchev–Trinajstić information content (AvgIpc) is 2.87. The number of benzene rings is 1. The van der Waals surface area contributed by atoms with Crippen molar-refractivity contribution in [3.05, 3.63) is 35.9 Å². The first kappa shape index (κ1) is 14.4. The molecule has 0 saturated heterocycles. The molecule has 0 bridgehead atoms. The highest BCUT2D eigenvalue weighted by molar-refractivity contribution is 7.99. The molecule has 3 nitrogen and oxygen atoms in total. The highest BCUT2D eigenvalue weighted by Crippen LogP contribution is 2.28. The minimum atomic E-state index is -0.448. The summed E-state index contributed by atoms with van der Waals surface area (Å²) in [6, 6.07) is 9.79. The molecule has 0 heterocycles. The van der Waals surface area contributed by atoms with Crippen LogP contribution in [0.3, 0.4) is 0 Å². The number of hydrogen-bond acceptors (Lipinski definition) is 3. The number of amides is 1. The largest absolute Gasteiger partial charge is 0.352 e. The van der Waals surface area contributed by atoms with Crippen molar-refractivity contribution < 1.29 is 4.79 Å². The van der Waals surface area contributed by atoms with Crippen molar-refractivity contribution in [3.8, 4) is 0 Å². The van der Waals surface area contributed by atoms with Gasteiger partial charge >= 0.3 is 0 Å². The summed E-state index contributed by atoms with van der Waals surface area (Å²) in [5.74, 6) is -0.0180. The Morgan fingerprint density at radius 2 is 2.16 bits per heavy atom. The van der Waals surface area contributed by atoms with Gasteiger partial charge in [0.15, 0.2) is 0 Å². The topological polar surface area (TPSA) is 55.1 Å². The van der Waals surface area contributed by atoms with E-state index in [0.29, 0.717) is 17.7 Å². The summed E-state index contributed by atoms with van der Waals surface area (Å²) in [7, 11) is 0. The molecule has 104 valence electrons. The molecular formula is C15H22N2OS. The van der Waals surface area contributed by atoms with E-state index < -0.39 is 6.04 Å². The number of hydrogen-bond donors (Lipinski definition) is 2. The van der Waals surface area contributed by atoms with Gasteiger partial charge in [0.2, 0.25) is 5.91 Å². The zero-order valence-electron chi connectivity index (χ0n) is 11.3. The van der Waals surface area contributed by atoms with Gasteiger partial charge in [0.25, 0.3) is 0 Å². The third-order valence-electron chi connectivity index (χ3n) is 3.70. The molecule has 0 aliphatic heterocycles. The Kier molecular flexibility index (Phi) is 5.28. The van der Waals surface area contributed by atoms with Gasteiger partial charge in [-0.2, -0.15) is 11.8 Å². The fourth-order valence-electron chi connectivity index (χ4n) is 2.55. The lowest BCUT2D eigenvalue weighted by Crippen LogP contribution is -2.45. The molecule has 1 aromatic carbocycles. The summed E-state index contributed by atoms with van der Waals surface area (Å²) in [5, 5.41) is 3.78. The van der Waals surface area contributed by atoms with Gasteiger partial charge < -0.3 is 11.1 Å². The van der Waals surface area contributed by atoms with E-state index in [0.717, 1.165) is 18.4 Å². The van der Waals surface area contributed by atoms with Crippen LogP contribution in [0.25, 0.3) is 0 Å². The van der Waals surface area contributed by atoms with Crippen molar-refractivity contribution in [2.24, 2.45) is 5.73 Å². The molecule has 3 N–H and O–H groups in total. The van der Waals surface area contributed by atoms with Crippen molar-refractivity contribution in [2.45, 2.75) is 43.0 Å². The number of carbonyl (C=O) groups excluding carboxylic acids is 1. The Morgan fingerprint density at radius 3 is 2.79 bits per heavy atom. The van der Waals surface area contributed by atoms with Crippen LogP contribution in [0.15, 0.2) is 30.3 Å². The van der Waals surface area contributed by atoms with Crippen molar-refractivity contribution >= 4 is 17.7 Å². The van der Waals surface area contributed by atoms with Crippen LogP contribution in [-0.2, 0) is 11.2 Å². The van der Waals surface area contributed by atoms with E-state index in [4.69, 9.17) is 5.73 Å². The van der Waals surface area contributed by atoms with E-state index in [1.165, 1.54) is 6.42 Å². The number of thioether (sulfide) groups is 1. The molecule has 1 saturated carbocycles. The number of nitrogens with one attached hydrogen (secondary N) is 1. The van der Waals surface area contributed by atoms with Crippen molar-refractivity contribution in [1.82, 2.24) is 5.32 Å². The lowest BCUT2D eigenvalue weighted by Gasteiger charge is -2.17. The minimum absolute atomic E-state index is 0.0180. The summed E-state index contributed by atoms with van der Waals surface area (Å²) < 4.78 is 0. The molecule has 2 rings (SSSR count). The van der Waals surface area contributed by atoms with Gasteiger partial charge in [-0.05, 0) is 37.5 Å². The van der Waals surface area contributed by atoms with Crippen LogP contribution in [0.4, 0.5) is 0 Å². The quantitative estimate of drug-likeness (QED) is 0.865. The Bertz CT molecular complexity index is 410. The first-order valence-corrected chi connectivity index (χ1v) is 8.10. The second-order valence-corrected chi connectivity index (χ2v) is 6.31. The van der Waals surface area contributed by atoms with Gasteiger partial charge in [0.1, 0.15) is 0 Å². The highest BCUT2D eigenvalue weighted by Gasteiger charge is 2.26. The van der Waals surface area contributed by atoms with Crippen molar-refractivity contribution in [2.75, 3.05) is 6.26 Å². The number of carbonyl (C=O) groups is 1. The zero-order chi connectivity index (χ0) is 13.7. The van der Waals surface area contributed by atoms with Crippen LogP contribution < -0.4 is 11.1 Å². The molecule has 1 aliphatic rings. The summed E-state index contributed by atoms with van der Waals surface area (Å²) in [6.45, 7) is 0. The lowest BCUT2D eigenvalue weighted by molar-refractivity contribution is -0.123. The monoisotopic (exact) mass is 278 g/mol. The smallest absolute Gasteiger partial charge is 0.237 e. The maximum absolute atomic E-state index is 12.1. The van der Waals surface area contributed by atoms with E-state index in [1.807, 2.05) is 42.1 Å². The van der Waals surface area contributed by atoms with E-state index >= 15 is 0 Å². The molecule has 0 spiro atoms. The second-order valence-electron chi connectivity index (χ2n) is 5.17. The van der Waals surface area contributed by atoms with Gasteiger partial charge in [-0.3, -0.25) is 4.79 Å². The molecular weight excluding hydrogens is 256 g/mol. The summed E-state index contributed by atoms with van der Waals surface area (Å²) in [6.07, 6.45) is 6.08. The minimum Gasteiger partial charge on any atom is -0.352 e. The summed E-state index contributed by atoms with van der Waals surface area (Å²) in [4.78, 5) is 12.1. The molecule has 19 heavy (non-hydrogen) atoms. The summed E-state index contributed by atoms with van der Waals surface area (Å²) >= 11 is 1.89. The van der Waals surface area contributed by atoms with Crippen molar-refractivity contribution in [1.29, 1.82) is 0 Å². The van der Waals surface area contributed by atoms with E-state index in [2.05, 4.69) is 11.6 Å². The SMILES string of the molecule is CSC1CCC(NC(=O)C(N)Cc2ccccc2)C1. The van der Waals surface area contributed by atoms with Gasteiger partial charge in [-0.15, -0.1) is 0 Å². The first-order valence-electron chi connectivity index (χ1n) is 6.81. The summed E-state index contributed by atoms with van der Waals surface area (Å²) in [5.41, 5.74) is 7.09. The fourth-order valence-corrected chi connectivity index (χ4v) is 3.35. The highest BCUT2D eigenvalue weighted by atomic mass is 32.2. The molecule has 1 fully saturated rings. The predicted octanol–water partition coefficient (Wildman–Crippen LogP) is 1.96. The predicted molar refractivity (Wildman–Crippen MR) is 81.2 cm³/mol. The zero-order valence-corrected chi connectivity index (χ0v) is 12.2. The Balaban J connectivity index is 1.80. The Morgan fingerprint density at radius 1 is 1.42 bits per heavy atom. The average molecular weight is 278 g/mol. The van der Waals surface area contributed by atoms with Crippen LogP contribution in [0.2, 0.25) is 0 Å². The molecule has 3 unspecified atom stereocenters. The first-order chi connectivity index (χ1) is 9.19. The molecule has 1 aliphatic carbocycles. The maximum atomic E-state index is 12.1. The fraction of sp³-hybridized carbons (Fsp3) is 0.533. The van der Waals surface area contributed by atoms with Gasteiger partial charge in [0.05, 0.1) is 6.04 Å². The van der Waals surface area contributed by atoms with Crippen LogP contribution >= 0.6 is 11.8 Å². The van der Waals surface area contributed by atoms with Crippen LogP contribution in [0.1, 0.15) is 24.8 Å². The Labute approximate surface area is 119 Å². The normalized spacial score (nSPS) is 24.1. The molecule has 1 aromatic rings. The van der Waals surface area contributed by atoms with Crippen LogP contribution in [-0.4, -0.2) is 29.5 Å². The molecule has 0 aromatic heterocycles. The second kappa shape index (κ2) is 6.96. The maximum Gasteiger partial charge on any atom is 0.237 e. The Hall–Kier alpha value is -1.00.